The summed E-state index contributed by atoms with van der Waals surface area (Å²) in [5.74, 6) is 2.29. The number of aryl methyl sites for hydroxylation is 2. The van der Waals surface area contributed by atoms with Gasteiger partial charge in [0.25, 0.3) is 0 Å². The summed E-state index contributed by atoms with van der Waals surface area (Å²) < 4.78 is 7.08. The van der Waals surface area contributed by atoms with E-state index in [-0.39, 0.29) is 0 Å². The first-order chi connectivity index (χ1) is 10.7. The molecule has 1 aromatic carbocycles. The Bertz CT molecular complexity index is 776. The van der Waals surface area contributed by atoms with E-state index in [0.717, 1.165) is 34.3 Å². The molecule has 0 saturated heterocycles. The molecule has 6 nitrogen and oxygen atoms in total. The highest BCUT2D eigenvalue weighted by Gasteiger charge is 2.11. The molecular weight excluding hydrogens is 278 g/mol. The second-order valence-electron chi connectivity index (χ2n) is 5.03. The summed E-state index contributed by atoms with van der Waals surface area (Å²) in [7, 11) is 1.66. The molecule has 0 fully saturated rings. The molecule has 2 aromatic heterocycles. The zero-order chi connectivity index (χ0) is 15.5. The molecule has 6 heteroatoms. The third-order valence-corrected chi connectivity index (χ3v) is 3.28. The van der Waals surface area contributed by atoms with Crippen LogP contribution in [-0.4, -0.2) is 31.8 Å². The Morgan fingerprint density at radius 1 is 1.14 bits per heavy atom. The molecule has 0 atom stereocenters. The third kappa shape index (κ3) is 2.95. The summed E-state index contributed by atoms with van der Waals surface area (Å²) in [6, 6.07) is 9.82. The molecule has 0 N–H and O–H groups in total. The number of hydrogen-bond donors (Lipinski definition) is 0. The Morgan fingerprint density at radius 2 is 2.00 bits per heavy atom. The van der Waals surface area contributed by atoms with Gasteiger partial charge >= 0.3 is 0 Å². The average molecular weight is 295 g/mol. The van der Waals surface area contributed by atoms with Crippen LogP contribution < -0.4 is 4.74 Å². The lowest BCUT2D eigenvalue weighted by Crippen LogP contribution is -2.06. The smallest absolute Gasteiger partial charge is 0.177 e. The second kappa shape index (κ2) is 5.93. The highest BCUT2D eigenvalue weighted by Crippen LogP contribution is 2.18. The zero-order valence-corrected chi connectivity index (χ0v) is 12.8. The number of hydrogen-bond acceptors (Lipinski definition) is 5. The van der Waals surface area contributed by atoms with Gasteiger partial charge in [0.1, 0.15) is 23.6 Å². The fourth-order valence-corrected chi connectivity index (χ4v) is 2.35. The van der Waals surface area contributed by atoms with Crippen molar-refractivity contribution >= 4 is 0 Å². The number of benzene rings is 1. The van der Waals surface area contributed by atoms with Crippen LogP contribution in [0.15, 0.2) is 36.7 Å². The molecule has 0 bridgehead atoms. The van der Waals surface area contributed by atoms with E-state index in [1.54, 1.807) is 13.4 Å². The first-order valence-electron chi connectivity index (χ1n) is 6.99. The average Bonchev–Trinajstić information content (AvgIpc) is 2.94. The van der Waals surface area contributed by atoms with Gasteiger partial charge in [-0.25, -0.2) is 19.6 Å². The van der Waals surface area contributed by atoms with Gasteiger partial charge in [-0.3, -0.25) is 0 Å². The van der Waals surface area contributed by atoms with Crippen LogP contribution in [0.5, 0.6) is 5.75 Å². The number of methoxy groups -OCH3 is 1. The predicted molar refractivity (Wildman–Crippen MR) is 82.6 cm³/mol. The van der Waals surface area contributed by atoms with Crippen LogP contribution in [0, 0.1) is 13.8 Å². The zero-order valence-electron chi connectivity index (χ0n) is 12.8. The maximum absolute atomic E-state index is 5.25. The molecular formula is C16H17N5O. The van der Waals surface area contributed by atoms with Gasteiger partial charge in [0.15, 0.2) is 5.82 Å². The van der Waals surface area contributed by atoms with Gasteiger partial charge in [0.2, 0.25) is 0 Å². The maximum Gasteiger partial charge on any atom is 0.177 e. The van der Waals surface area contributed by atoms with Crippen LogP contribution in [0.25, 0.3) is 11.5 Å². The fraction of sp³-hybridized carbons (Fsp3) is 0.250. The van der Waals surface area contributed by atoms with Crippen molar-refractivity contribution in [3.05, 3.63) is 53.7 Å². The lowest BCUT2D eigenvalue weighted by Gasteiger charge is -2.08. The molecule has 0 spiro atoms. The molecule has 3 rings (SSSR count). The Labute approximate surface area is 128 Å². The summed E-state index contributed by atoms with van der Waals surface area (Å²) in [5, 5.41) is 4.31. The summed E-state index contributed by atoms with van der Waals surface area (Å²) in [5.41, 5.74) is 2.79. The molecule has 0 unspecified atom stereocenters. The van der Waals surface area contributed by atoms with Gasteiger partial charge in [-0.05, 0) is 37.6 Å². The van der Waals surface area contributed by atoms with Crippen LogP contribution >= 0.6 is 0 Å². The molecule has 0 aliphatic heterocycles. The minimum Gasteiger partial charge on any atom is -0.497 e. The Hall–Kier alpha value is -2.76. The Kier molecular flexibility index (Phi) is 3.82. The van der Waals surface area contributed by atoms with E-state index in [9.17, 15) is 0 Å². The molecule has 0 saturated carbocycles. The van der Waals surface area contributed by atoms with E-state index < -0.39 is 0 Å². The first kappa shape index (κ1) is 14.2. The van der Waals surface area contributed by atoms with Gasteiger partial charge in [-0.1, -0.05) is 12.1 Å². The number of rotatable bonds is 4. The van der Waals surface area contributed by atoms with Crippen molar-refractivity contribution in [1.29, 1.82) is 0 Å². The normalized spacial score (nSPS) is 10.7. The fourth-order valence-electron chi connectivity index (χ4n) is 2.35. The van der Waals surface area contributed by atoms with Gasteiger partial charge in [-0.2, -0.15) is 5.10 Å². The molecule has 3 aromatic rings. The van der Waals surface area contributed by atoms with Crippen molar-refractivity contribution in [1.82, 2.24) is 24.7 Å². The molecule has 2 heterocycles. The van der Waals surface area contributed by atoms with Gasteiger partial charge < -0.3 is 4.74 Å². The summed E-state index contributed by atoms with van der Waals surface area (Å²) >= 11 is 0. The van der Waals surface area contributed by atoms with Crippen molar-refractivity contribution < 1.29 is 4.74 Å². The van der Waals surface area contributed by atoms with E-state index >= 15 is 0 Å². The SMILES string of the molecule is COc1cccc(Cn2ncnc2-c2cc(C)nc(C)n2)c1. The molecule has 0 radical (unpaired) electrons. The third-order valence-electron chi connectivity index (χ3n) is 3.28. The summed E-state index contributed by atoms with van der Waals surface area (Å²) in [4.78, 5) is 13.1. The van der Waals surface area contributed by atoms with Crippen molar-refractivity contribution in [3.63, 3.8) is 0 Å². The highest BCUT2D eigenvalue weighted by atomic mass is 16.5. The van der Waals surface area contributed by atoms with Crippen molar-refractivity contribution in [2.45, 2.75) is 20.4 Å². The van der Waals surface area contributed by atoms with Crippen LogP contribution in [-0.2, 0) is 6.54 Å². The molecule has 0 aliphatic rings. The van der Waals surface area contributed by atoms with E-state index in [2.05, 4.69) is 20.1 Å². The van der Waals surface area contributed by atoms with Crippen LogP contribution in [0.4, 0.5) is 0 Å². The van der Waals surface area contributed by atoms with Crippen LogP contribution in [0.3, 0.4) is 0 Å². The number of nitrogens with zero attached hydrogens (tertiary/aromatic N) is 5. The van der Waals surface area contributed by atoms with Crippen molar-refractivity contribution in [3.8, 4) is 17.3 Å². The maximum atomic E-state index is 5.25. The first-order valence-corrected chi connectivity index (χ1v) is 6.99. The minimum atomic E-state index is 0.606. The van der Waals surface area contributed by atoms with Crippen molar-refractivity contribution in [2.24, 2.45) is 0 Å². The lowest BCUT2D eigenvalue weighted by atomic mass is 10.2. The molecule has 0 aliphatic carbocycles. The molecule has 22 heavy (non-hydrogen) atoms. The highest BCUT2D eigenvalue weighted by molar-refractivity contribution is 5.49. The van der Waals surface area contributed by atoms with E-state index in [1.807, 2.05) is 48.9 Å². The minimum absolute atomic E-state index is 0.606. The van der Waals surface area contributed by atoms with E-state index in [4.69, 9.17) is 4.74 Å². The Balaban J connectivity index is 1.94. The monoisotopic (exact) mass is 295 g/mol. The number of ether oxygens (including phenoxy) is 1. The van der Waals surface area contributed by atoms with E-state index in [1.165, 1.54) is 0 Å². The van der Waals surface area contributed by atoms with Crippen molar-refractivity contribution in [2.75, 3.05) is 7.11 Å². The summed E-state index contributed by atoms with van der Waals surface area (Å²) in [6.45, 7) is 4.43. The quantitative estimate of drug-likeness (QED) is 0.739. The Morgan fingerprint density at radius 3 is 2.77 bits per heavy atom. The largest absolute Gasteiger partial charge is 0.497 e. The number of aromatic nitrogens is 5. The standard InChI is InChI=1S/C16H17N5O/c1-11-7-15(20-12(2)19-11)16-17-10-18-21(16)9-13-5-4-6-14(8-13)22-3/h4-8,10H,9H2,1-3H3. The molecule has 0 amide bonds. The van der Waals surface area contributed by atoms with E-state index in [0.29, 0.717) is 6.54 Å². The molecule has 112 valence electrons. The lowest BCUT2D eigenvalue weighted by molar-refractivity contribution is 0.414. The van der Waals surface area contributed by atoms with Gasteiger partial charge in [-0.15, -0.1) is 0 Å². The summed E-state index contributed by atoms with van der Waals surface area (Å²) in [6.07, 6.45) is 1.54. The van der Waals surface area contributed by atoms with Gasteiger partial charge in [0.05, 0.1) is 13.7 Å². The van der Waals surface area contributed by atoms with Crippen LogP contribution in [0.2, 0.25) is 0 Å². The predicted octanol–water partition coefficient (Wildman–Crippen LogP) is 2.41. The topological polar surface area (TPSA) is 65.7 Å². The van der Waals surface area contributed by atoms with Crippen LogP contribution in [0.1, 0.15) is 17.1 Å². The second-order valence-corrected chi connectivity index (χ2v) is 5.03. The van der Waals surface area contributed by atoms with Gasteiger partial charge in [0, 0.05) is 5.69 Å².